The monoisotopic (exact) mass is 300 g/mol. The molecule has 2 aromatic carbocycles. The lowest BCUT2D eigenvalue weighted by Crippen LogP contribution is -1.82. The molecule has 1 saturated carbocycles. The molecule has 4 rings (SSSR count). The van der Waals surface area contributed by atoms with E-state index >= 15 is 0 Å². The molecule has 1 N–H and O–H groups in total. The molecule has 1 heterocycles. The zero-order valence-corrected chi connectivity index (χ0v) is 12.2. The van der Waals surface area contributed by atoms with E-state index in [2.05, 4.69) is 9.36 Å². The van der Waals surface area contributed by atoms with E-state index < -0.39 is 0 Å². The molecule has 20 heavy (non-hydrogen) atoms. The molecule has 5 heteroatoms. The Morgan fingerprint density at radius 1 is 1.10 bits per heavy atom. The number of nitrogens with zero attached hydrogens (tertiary/aromatic N) is 2. The van der Waals surface area contributed by atoms with Gasteiger partial charge in [0.05, 0.1) is 0 Å². The number of hydrogen-bond acceptors (Lipinski definition) is 5. The molecular formula is C15H12N2OS2. The fraction of sp³-hybridized carbons (Fsp3) is 0.200. The maximum Gasteiger partial charge on any atom is 0.174 e. The van der Waals surface area contributed by atoms with Crippen molar-refractivity contribution in [2.45, 2.75) is 28.0 Å². The van der Waals surface area contributed by atoms with Crippen LogP contribution in [0.25, 0.3) is 10.8 Å². The van der Waals surface area contributed by atoms with E-state index in [-0.39, 0.29) is 0 Å². The molecule has 3 nitrogen and oxygen atoms in total. The predicted octanol–water partition coefficient (Wildman–Crippen LogP) is 4.43. The lowest BCUT2D eigenvalue weighted by Gasteiger charge is -2.05. The molecule has 1 aliphatic carbocycles. The average molecular weight is 300 g/mol. The third kappa shape index (κ3) is 2.17. The standard InChI is InChI=1S/C15H12N2OS2/c18-12-7-8-13(11-4-2-1-3-10(11)12)19-15-16-14(17-20-15)9-5-6-9/h1-4,7-9,18H,5-6H2. The summed E-state index contributed by atoms with van der Waals surface area (Å²) in [6, 6.07) is 11.6. The number of hydrogen-bond donors (Lipinski definition) is 1. The highest BCUT2D eigenvalue weighted by molar-refractivity contribution is 8.01. The normalized spacial score (nSPS) is 14.8. The number of benzene rings is 2. The summed E-state index contributed by atoms with van der Waals surface area (Å²) < 4.78 is 5.41. The van der Waals surface area contributed by atoms with Gasteiger partial charge in [0.1, 0.15) is 11.6 Å². The smallest absolute Gasteiger partial charge is 0.174 e. The molecule has 3 aromatic rings. The van der Waals surface area contributed by atoms with E-state index in [9.17, 15) is 5.11 Å². The van der Waals surface area contributed by atoms with Crippen molar-refractivity contribution >= 4 is 34.1 Å². The molecule has 0 aliphatic heterocycles. The molecule has 0 atom stereocenters. The SMILES string of the molecule is Oc1ccc(Sc2nc(C3CC3)ns2)c2ccccc12. The summed E-state index contributed by atoms with van der Waals surface area (Å²) in [6.45, 7) is 0. The summed E-state index contributed by atoms with van der Waals surface area (Å²) >= 11 is 3.09. The molecule has 0 unspecified atom stereocenters. The third-order valence-electron chi connectivity index (χ3n) is 3.42. The first kappa shape index (κ1) is 12.2. The van der Waals surface area contributed by atoms with Gasteiger partial charge in [0.15, 0.2) is 4.34 Å². The Morgan fingerprint density at radius 3 is 2.70 bits per heavy atom. The number of rotatable bonds is 3. The minimum atomic E-state index is 0.320. The van der Waals surface area contributed by atoms with Gasteiger partial charge in [0.25, 0.3) is 0 Å². The highest BCUT2D eigenvalue weighted by Gasteiger charge is 2.27. The zero-order valence-electron chi connectivity index (χ0n) is 10.6. The van der Waals surface area contributed by atoms with Gasteiger partial charge in [-0.2, -0.15) is 4.37 Å². The Balaban J connectivity index is 1.72. The van der Waals surface area contributed by atoms with Crippen LogP contribution < -0.4 is 0 Å². The van der Waals surface area contributed by atoms with Crippen LogP contribution in [0.5, 0.6) is 5.75 Å². The van der Waals surface area contributed by atoms with E-state index in [1.165, 1.54) is 24.4 Å². The van der Waals surface area contributed by atoms with Gasteiger partial charge in [-0.3, -0.25) is 0 Å². The van der Waals surface area contributed by atoms with E-state index in [4.69, 9.17) is 0 Å². The van der Waals surface area contributed by atoms with Crippen molar-refractivity contribution in [1.82, 2.24) is 9.36 Å². The minimum Gasteiger partial charge on any atom is -0.507 e. The van der Waals surface area contributed by atoms with Crippen LogP contribution in [-0.4, -0.2) is 14.5 Å². The molecule has 0 bridgehead atoms. The summed E-state index contributed by atoms with van der Waals surface area (Å²) in [5, 5.41) is 11.8. The molecule has 0 amide bonds. The second-order valence-electron chi connectivity index (χ2n) is 4.92. The first-order chi connectivity index (χ1) is 9.81. The van der Waals surface area contributed by atoms with E-state index in [0.29, 0.717) is 11.7 Å². The molecule has 0 saturated heterocycles. The summed E-state index contributed by atoms with van der Waals surface area (Å²) in [5.74, 6) is 1.92. The van der Waals surface area contributed by atoms with Crippen LogP contribution in [0.15, 0.2) is 45.6 Å². The van der Waals surface area contributed by atoms with Gasteiger partial charge in [-0.1, -0.05) is 36.0 Å². The van der Waals surface area contributed by atoms with Crippen LogP contribution in [0.4, 0.5) is 0 Å². The zero-order chi connectivity index (χ0) is 13.5. The lowest BCUT2D eigenvalue weighted by molar-refractivity contribution is 0.481. The summed E-state index contributed by atoms with van der Waals surface area (Å²) in [5.41, 5.74) is 0. The van der Waals surface area contributed by atoms with Crippen LogP contribution in [0.1, 0.15) is 24.6 Å². The third-order valence-corrected chi connectivity index (χ3v) is 5.27. The first-order valence-corrected chi connectivity index (χ1v) is 8.12. The van der Waals surface area contributed by atoms with Crippen LogP contribution in [0.3, 0.4) is 0 Å². The van der Waals surface area contributed by atoms with Crippen LogP contribution in [-0.2, 0) is 0 Å². The molecule has 100 valence electrons. The van der Waals surface area contributed by atoms with Crippen molar-refractivity contribution in [3.8, 4) is 5.75 Å². The quantitative estimate of drug-likeness (QED) is 0.777. The van der Waals surface area contributed by atoms with Gasteiger partial charge in [-0.05, 0) is 41.9 Å². The largest absolute Gasteiger partial charge is 0.507 e. The molecule has 1 fully saturated rings. The van der Waals surface area contributed by atoms with E-state index in [1.54, 1.807) is 17.8 Å². The Kier molecular flexibility index (Phi) is 2.89. The summed E-state index contributed by atoms with van der Waals surface area (Å²) in [7, 11) is 0. The summed E-state index contributed by atoms with van der Waals surface area (Å²) in [4.78, 5) is 5.71. The molecule has 0 spiro atoms. The van der Waals surface area contributed by atoms with Gasteiger partial charge in [0.2, 0.25) is 0 Å². The summed E-state index contributed by atoms with van der Waals surface area (Å²) in [6.07, 6.45) is 2.45. The van der Waals surface area contributed by atoms with Crippen LogP contribution >= 0.6 is 23.3 Å². The maximum absolute atomic E-state index is 9.91. The van der Waals surface area contributed by atoms with Crippen molar-refractivity contribution in [3.63, 3.8) is 0 Å². The highest BCUT2D eigenvalue weighted by atomic mass is 32.2. The first-order valence-electron chi connectivity index (χ1n) is 6.53. The highest BCUT2D eigenvalue weighted by Crippen LogP contribution is 2.42. The fourth-order valence-corrected chi connectivity index (χ4v) is 3.98. The molecular weight excluding hydrogens is 288 g/mol. The number of fused-ring (bicyclic) bond motifs is 1. The molecule has 1 aliphatic rings. The number of phenolic OH excluding ortho intramolecular Hbond substituents is 1. The Morgan fingerprint density at radius 2 is 1.90 bits per heavy atom. The maximum atomic E-state index is 9.91. The van der Waals surface area contributed by atoms with Crippen molar-refractivity contribution < 1.29 is 5.11 Å². The van der Waals surface area contributed by atoms with Crippen LogP contribution in [0.2, 0.25) is 0 Å². The van der Waals surface area contributed by atoms with Crippen molar-refractivity contribution in [2.75, 3.05) is 0 Å². The predicted molar refractivity (Wildman–Crippen MR) is 81.6 cm³/mol. The van der Waals surface area contributed by atoms with E-state index in [0.717, 1.165) is 25.8 Å². The van der Waals surface area contributed by atoms with Gasteiger partial charge in [-0.25, -0.2) is 4.98 Å². The molecule has 1 aromatic heterocycles. The second kappa shape index (κ2) is 4.75. The van der Waals surface area contributed by atoms with Gasteiger partial charge < -0.3 is 5.11 Å². The fourth-order valence-electron chi connectivity index (χ4n) is 2.21. The number of aromatic nitrogens is 2. The molecule has 0 radical (unpaired) electrons. The number of phenols is 1. The topological polar surface area (TPSA) is 46.0 Å². The second-order valence-corrected chi connectivity index (χ2v) is 6.96. The average Bonchev–Trinajstić information content (AvgIpc) is 3.23. The minimum absolute atomic E-state index is 0.320. The lowest BCUT2D eigenvalue weighted by atomic mass is 10.1. The van der Waals surface area contributed by atoms with Gasteiger partial charge in [0, 0.05) is 16.2 Å². The Bertz CT molecular complexity index is 780. The van der Waals surface area contributed by atoms with Crippen LogP contribution in [0, 0.1) is 0 Å². The van der Waals surface area contributed by atoms with E-state index in [1.807, 2.05) is 30.3 Å². The Labute approximate surface area is 124 Å². The van der Waals surface area contributed by atoms with Gasteiger partial charge >= 0.3 is 0 Å². The number of aromatic hydroxyl groups is 1. The van der Waals surface area contributed by atoms with Gasteiger partial charge in [-0.15, -0.1) is 0 Å². The van der Waals surface area contributed by atoms with Crippen molar-refractivity contribution in [1.29, 1.82) is 0 Å². The Hall–Kier alpha value is -1.59. The van der Waals surface area contributed by atoms with Crippen molar-refractivity contribution in [3.05, 3.63) is 42.2 Å². The van der Waals surface area contributed by atoms with Crippen molar-refractivity contribution in [2.24, 2.45) is 0 Å².